The van der Waals surface area contributed by atoms with Crippen molar-refractivity contribution in [3.63, 3.8) is 0 Å². The molecule has 0 spiro atoms. The van der Waals surface area contributed by atoms with E-state index in [4.69, 9.17) is 0 Å². The smallest absolute Gasteiger partial charge is 0.171 e. The number of ketones is 1. The van der Waals surface area contributed by atoms with Crippen LogP contribution in [0.5, 0.6) is 0 Å². The Bertz CT molecular complexity index is 511. The maximum Gasteiger partial charge on any atom is 0.171 e. The zero-order valence-electron chi connectivity index (χ0n) is 9.65. The molecule has 0 fully saturated rings. The first-order chi connectivity index (χ1) is 7.59. The average Bonchev–Trinajstić information content (AvgIpc) is 2.77. The molecule has 0 saturated heterocycles. The van der Waals surface area contributed by atoms with Crippen LogP contribution >= 0.6 is 11.3 Å². The minimum absolute atomic E-state index is 0.158. The van der Waals surface area contributed by atoms with E-state index in [0.717, 1.165) is 21.8 Å². The maximum absolute atomic E-state index is 12.1. The fourth-order valence-corrected chi connectivity index (χ4v) is 2.54. The van der Waals surface area contributed by atoms with Gasteiger partial charge in [-0.2, -0.15) is 5.10 Å². The molecule has 0 atom stereocenters. The van der Waals surface area contributed by atoms with Crippen molar-refractivity contribution in [2.75, 3.05) is 0 Å². The first kappa shape index (κ1) is 11.1. The highest BCUT2D eigenvalue weighted by atomic mass is 32.1. The minimum atomic E-state index is 0.158. The van der Waals surface area contributed by atoms with E-state index in [1.165, 1.54) is 0 Å². The van der Waals surface area contributed by atoms with E-state index in [1.54, 1.807) is 16.0 Å². The summed E-state index contributed by atoms with van der Waals surface area (Å²) in [6.45, 7) is 3.82. The van der Waals surface area contributed by atoms with Gasteiger partial charge >= 0.3 is 0 Å². The molecule has 0 amide bonds. The molecule has 0 aliphatic heterocycles. The molecule has 16 heavy (non-hydrogen) atoms. The highest BCUT2D eigenvalue weighted by molar-refractivity contribution is 7.10. The zero-order valence-corrected chi connectivity index (χ0v) is 10.5. The summed E-state index contributed by atoms with van der Waals surface area (Å²) in [7, 11) is 1.87. The molecule has 0 aliphatic rings. The van der Waals surface area contributed by atoms with Crippen molar-refractivity contribution in [1.29, 1.82) is 0 Å². The molecular formula is C12H14N2OS. The molecule has 2 rings (SSSR count). The molecule has 0 N–H and O–H groups in total. The first-order valence-electron chi connectivity index (χ1n) is 5.15. The predicted octanol–water partition coefficient (Wildman–Crippen LogP) is 2.52. The van der Waals surface area contributed by atoms with E-state index < -0.39 is 0 Å². The summed E-state index contributed by atoms with van der Waals surface area (Å²) in [5.41, 5.74) is 2.54. The van der Waals surface area contributed by atoms with Crippen LogP contribution in [-0.4, -0.2) is 15.6 Å². The lowest BCUT2D eigenvalue weighted by molar-refractivity contribution is 0.0992. The van der Waals surface area contributed by atoms with E-state index in [-0.39, 0.29) is 5.78 Å². The van der Waals surface area contributed by atoms with Gasteiger partial charge in [0.05, 0.1) is 11.3 Å². The van der Waals surface area contributed by atoms with Crippen LogP contribution in [0.15, 0.2) is 17.5 Å². The first-order valence-corrected chi connectivity index (χ1v) is 6.03. The summed E-state index contributed by atoms with van der Waals surface area (Å²) < 4.78 is 1.76. The van der Waals surface area contributed by atoms with Crippen LogP contribution in [0, 0.1) is 13.8 Å². The Morgan fingerprint density at radius 1 is 1.50 bits per heavy atom. The standard InChI is InChI=1S/C12H14N2OS/c1-8-12(9(2)14(3)13-8)11(15)7-10-5-4-6-16-10/h4-6H,7H2,1-3H3. The number of hydrogen-bond acceptors (Lipinski definition) is 3. The highest BCUT2D eigenvalue weighted by Crippen LogP contribution is 2.17. The van der Waals surface area contributed by atoms with Crippen LogP contribution < -0.4 is 0 Å². The second-order valence-electron chi connectivity index (χ2n) is 3.85. The van der Waals surface area contributed by atoms with Crippen molar-refractivity contribution in [2.24, 2.45) is 7.05 Å². The monoisotopic (exact) mass is 234 g/mol. The van der Waals surface area contributed by atoms with Crippen LogP contribution in [0.25, 0.3) is 0 Å². The Kier molecular flexibility index (Phi) is 2.92. The normalized spacial score (nSPS) is 10.7. The zero-order chi connectivity index (χ0) is 11.7. The lowest BCUT2D eigenvalue weighted by Crippen LogP contribution is -2.05. The summed E-state index contributed by atoms with van der Waals surface area (Å²) in [6, 6.07) is 3.96. The third kappa shape index (κ3) is 1.93. The van der Waals surface area contributed by atoms with Crippen molar-refractivity contribution in [1.82, 2.24) is 9.78 Å². The molecule has 2 aromatic heterocycles. The lowest BCUT2D eigenvalue weighted by Gasteiger charge is -1.99. The van der Waals surface area contributed by atoms with Gasteiger partial charge in [0.2, 0.25) is 0 Å². The minimum Gasteiger partial charge on any atom is -0.294 e. The van der Waals surface area contributed by atoms with E-state index in [1.807, 2.05) is 38.4 Å². The summed E-state index contributed by atoms with van der Waals surface area (Å²) in [4.78, 5) is 13.2. The van der Waals surface area contributed by atoms with Crippen molar-refractivity contribution < 1.29 is 4.79 Å². The fraction of sp³-hybridized carbons (Fsp3) is 0.333. The molecule has 2 heterocycles. The number of aryl methyl sites for hydroxylation is 2. The van der Waals surface area contributed by atoms with E-state index in [0.29, 0.717) is 6.42 Å². The van der Waals surface area contributed by atoms with E-state index in [2.05, 4.69) is 5.10 Å². The van der Waals surface area contributed by atoms with Crippen LogP contribution in [-0.2, 0) is 13.5 Å². The number of carbonyl (C=O) groups is 1. The van der Waals surface area contributed by atoms with Crippen LogP contribution in [0.1, 0.15) is 26.6 Å². The van der Waals surface area contributed by atoms with E-state index in [9.17, 15) is 4.79 Å². The summed E-state index contributed by atoms with van der Waals surface area (Å²) >= 11 is 1.62. The number of nitrogens with zero attached hydrogens (tertiary/aromatic N) is 2. The Labute approximate surface area is 98.7 Å². The largest absolute Gasteiger partial charge is 0.294 e. The molecular weight excluding hydrogens is 220 g/mol. The number of Topliss-reactive ketones (excluding diaryl/α,β-unsaturated/α-hetero) is 1. The summed E-state index contributed by atoms with van der Waals surface area (Å²) in [6.07, 6.45) is 0.477. The second-order valence-corrected chi connectivity index (χ2v) is 4.88. The van der Waals surface area contributed by atoms with E-state index >= 15 is 0 Å². The lowest BCUT2D eigenvalue weighted by atomic mass is 10.1. The van der Waals surface area contributed by atoms with Gasteiger partial charge in [0, 0.05) is 24.0 Å². The Hall–Kier alpha value is -1.42. The van der Waals surface area contributed by atoms with Gasteiger partial charge in [0.1, 0.15) is 0 Å². The van der Waals surface area contributed by atoms with Gasteiger partial charge in [0.15, 0.2) is 5.78 Å². The Morgan fingerprint density at radius 3 is 2.75 bits per heavy atom. The Morgan fingerprint density at radius 2 is 2.25 bits per heavy atom. The highest BCUT2D eigenvalue weighted by Gasteiger charge is 2.17. The van der Waals surface area contributed by atoms with Gasteiger partial charge in [0.25, 0.3) is 0 Å². The molecule has 3 nitrogen and oxygen atoms in total. The molecule has 84 valence electrons. The molecule has 0 saturated carbocycles. The van der Waals surface area contributed by atoms with Gasteiger partial charge < -0.3 is 0 Å². The molecule has 0 bridgehead atoms. The number of aromatic nitrogens is 2. The molecule has 0 aliphatic carbocycles. The van der Waals surface area contributed by atoms with Gasteiger partial charge in [-0.3, -0.25) is 9.48 Å². The molecule has 4 heteroatoms. The number of hydrogen-bond donors (Lipinski definition) is 0. The van der Waals surface area contributed by atoms with Gasteiger partial charge in [-0.05, 0) is 25.3 Å². The van der Waals surface area contributed by atoms with Crippen molar-refractivity contribution in [3.05, 3.63) is 39.3 Å². The average molecular weight is 234 g/mol. The van der Waals surface area contributed by atoms with Crippen molar-refractivity contribution >= 4 is 17.1 Å². The Balaban J connectivity index is 2.27. The number of rotatable bonds is 3. The third-order valence-corrected chi connectivity index (χ3v) is 3.58. The second kappa shape index (κ2) is 4.22. The third-order valence-electron chi connectivity index (χ3n) is 2.70. The predicted molar refractivity (Wildman–Crippen MR) is 65.0 cm³/mol. The van der Waals surface area contributed by atoms with Crippen molar-refractivity contribution in [2.45, 2.75) is 20.3 Å². The number of carbonyl (C=O) groups excluding carboxylic acids is 1. The topological polar surface area (TPSA) is 34.9 Å². The molecule has 0 aromatic carbocycles. The SMILES string of the molecule is Cc1nn(C)c(C)c1C(=O)Cc1cccs1. The number of thiophene rings is 1. The van der Waals surface area contributed by atoms with Gasteiger partial charge in [-0.15, -0.1) is 11.3 Å². The molecule has 0 radical (unpaired) electrons. The van der Waals surface area contributed by atoms with Crippen molar-refractivity contribution in [3.8, 4) is 0 Å². The van der Waals surface area contributed by atoms with Crippen LogP contribution in [0.2, 0.25) is 0 Å². The molecule has 0 unspecified atom stereocenters. The summed E-state index contributed by atoms with van der Waals surface area (Å²) in [5.74, 6) is 0.158. The summed E-state index contributed by atoms with van der Waals surface area (Å²) in [5, 5.41) is 6.25. The van der Waals surface area contributed by atoms with Crippen LogP contribution in [0.3, 0.4) is 0 Å². The van der Waals surface area contributed by atoms with Crippen LogP contribution in [0.4, 0.5) is 0 Å². The quantitative estimate of drug-likeness (QED) is 0.765. The maximum atomic E-state index is 12.1. The van der Waals surface area contributed by atoms with Gasteiger partial charge in [-0.25, -0.2) is 0 Å². The fourth-order valence-electron chi connectivity index (χ4n) is 1.84. The molecule has 2 aromatic rings. The van der Waals surface area contributed by atoms with Gasteiger partial charge in [-0.1, -0.05) is 6.07 Å².